The number of nitro benzene ring substituents is 1. The topological polar surface area (TPSA) is 111 Å². The van der Waals surface area contributed by atoms with Gasteiger partial charge in [0, 0.05) is 30.8 Å². The molecule has 0 bridgehead atoms. The lowest BCUT2D eigenvalue weighted by Crippen LogP contribution is -2.26. The van der Waals surface area contributed by atoms with E-state index < -0.39 is 22.3 Å². The van der Waals surface area contributed by atoms with Crippen molar-refractivity contribution in [1.82, 2.24) is 5.32 Å². The van der Waals surface area contributed by atoms with Crippen LogP contribution in [0.3, 0.4) is 0 Å². The summed E-state index contributed by atoms with van der Waals surface area (Å²) >= 11 is 0. The molecule has 9 heteroatoms. The van der Waals surface area contributed by atoms with Gasteiger partial charge >= 0.3 is 5.69 Å². The lowest BCUT2D eigenvalue weighted by molar-refractivity contribution is -0.387. The minimum absolute atomic E-state index is 0.0483. The number of anilines is 1. The van der Waals surface area contributed by atoms with E-state index in [0.717, 1.165) is 17.7 Å². The Kier molecular flexibility index (Phi) is 7.21. The van der Waals surface area contributed by atoms with Gasteiger partial charge in [-0.25, -0.2) is 0 Å². The number of hydrogen-bond acceptors (Lipinski definition) is 5. The van der Waals surface area contributed by atoms with Crippen LogP contribution in [0.2, 0.25) is 0 Å². The highest BCUT2D eigenvalue weighted by Gasteiger charge is 2.15. The SMILES string of the molecule is COc1ccc(/C=C/C(=O)NCCC(=O)Nc2ccc(F)c([N+](=O)[O-])c2)cc1. The number of hydrogen-bond donors (Lipinski definition) is 2. The maximum absolute atomic E-state index is 13.3. The maximum Gasteiger partial charge on any atom is 0.306 e. The van der Waals surface area contributed by atoms with Crippen molar-refractivity contribution >= 4 is 29.3 Å². The summed E-state index contributed by atoms with van der Waals surface area (Å²) in [5.74, 6) is -1.13. The summed E-state index contributed by atoms with van der Waals surface area (Å²) in [5.41, 5.74) is 0.185. The van der Waals surface area contributed by atoms with E-state index >= 15 is 0 Å². The predicted octanol–water partition coefficient (Wildman–Crippen LogP) is 2.90. The first-order valence-corrected chi connectivity index (χ1v) is 8.23. The van der Waals surface area contributed by atoms with Crippen LogP contribution >= 0.6 is 0 Å². The number of benzene rings is 2. The van der Waals surface area contributed by atoms with Crippen molar-refractivity contribution in [2.24, 2.45) is 0 Å². The van der Waals surface area contributed by atoms with Gasteiger partial charge in [-0.3, -0.25) is 19.7 Å². The summed E-state index contributed by atoms with van der Waals surface area (Å²) in [5, 5.41) is 15.7. The standard InChI is InChI=1S/C19H18FN3O5/c1-28-15-6-2-13(3-7-15)4-9-18(24)21-11-10-19(25)22-14-5-8-16(20)17(12-14)23(26)27/h2-9,12H,10-11H2,1H3,(H,21,24)(H,22,25)/b9-4+. The van der Waals surface area contributed by atoms with E-state index in [4.69, 9.17) is 4.74 Å². The quantitative estimate of drug-likeness (QED) is 0.411. The molecule has 0 atom stereocenters. The monoisotopic (exact) mass is 387 g/mol. The van der Waals surface area contributed by atoms with E-state index in [0.29, 0.717) is 5.75 Å². The average molecular weight is 387 g/mol. The molecule has 2 N–H and O–H groups in total. The Labute approximate surface area is 160 Å². The second-order valence-corrected chi connectivity index (χ2v) is 5.62. The summed E-state index contributed by atoms with van der Waals surface area (Å²) in [6.07, 6.45) is 2.91. The van der Waals surface area contributed by atoms with Crippen molar-refractivity contribution in [1.29, 1.82) is 0 Å². The number of ether oxygens (including phenoxy) is 1. The third-order valence-corrected chi connectivity index (χ3v) is 3.62. The summed E-state index contributed by atoms with van der Waals surface area (Å²) in [6.45, 7) is 0.0703. The lowest BCUT2D eigenvalue weighted by atomic mass is 10.2. The molecule has 0 aliphatic rings. The van der Waals surface area contributed by atoms with Gasteiger partial charge in [0.15, 0.2) is 0 Å². The Bertz CT molecular complexity index is 897. The lowest BCUT2D eigenvalue weighted by Gasteiger charge is -2.06. The number of methoxy groups -OCH3 is 1. The highest BCUT2D eigenvalue weighted by Crippen LogP contribution is 2.21. The molecule has 0 heterocycles. The molecule has 146 valence electrons. The van der Waals surface area contributed by atoms with Crippen LogP contribution in [0.1, 0.15) is 12.0 Å². The highest BCUT2D eigenvalue weighted by molar-refractivity contribution is 5.93. The number of nitrogens with one attached hydrogen (secondary N) is 2. The van der Waals surface area contributed by atoms with Gasteiger partial charge in [0.25, 0.3) is 0 Å². The summed E-state index contributed by atoms with van der Waals surface area (Å²) in [7, 11) is 1.56. The normalized spacial score (nSPS) is 10.5. The fraction of sp³-hybridized carbons (Fsp3) is 0.158. The molecule has 2 amide bonds. The molecule has 0 saturated carbocycles. The third-order valence-electron chi connectivity index (χ3n) is 3.62. The van der Waals surface area contributed by atoms with E-state index in [-0.39, 0.29) is 24.6 Å². The second-order valence-electron chi connectivity index (χ2n) is 5.62. The Balaban J connectivity index is 1.78. The molecule has 0 aromatic heterocycles. The summed E-state index contributed by atoms with van der Waals surface area (Å²) in [4.78, 5) is 33.4. The van der Waals surface area contributed by atoms with E-state index in [1.165, 1.54) is 12.1 Å². The molecule has 2 aromatic carbocycles. The number of nitro groups is 1. The zero-order valence-electron chi connectivity index (χ0n) is 15.0. The maximum atomic E-state index is 13.3. The Morgan fingerprint density at radius 1 is 1.21 bits per heavy atom. The van der Waals surface area contributed by atoms with Gasteiger partial charge < -0.3 is 15.4 Å². The number of carbonyl (C=O) groups excluding carboxylic acids is 2. The van der Waals surface area contributed by atoms with Crippen LogP contribution in [0.15, 0.2) is 48.5 Å². The fourth-order valence-corrected chi connectivity index (χ4v) is 2.20. The Hall–Kier alpha value is -3.75. The van der Waals surface area contributed by atoms with E-state index in [2.05, 4.69) is 10.6 Å². The van der Waals surface area contributed by atoms with Gasteiger partial charge in [0.2, 0.25) is 17.6 Å². The molecule has 0 aliphatic heterocycles. The molecule has 0 spiro atoms. The van der Waals surface area contributed by atoms with Crippen LogP contribution in [0.25, 0.3) is 6.08 Å². The minimum atomic E-state index is -0.987. The van der Waals surface area contributed by atoms with Crippen molar-refractivity contribution in [3.05, 3.63) is 70.0 Å². The van der Waals surface area contributed by atoms with Crippen molar-refractivity contribution in [3.63, 3.8) is 0 Å². The Morgan fingerprint density at radius 2 is 1.93 bits per heavy atom. The summed E-state index contributed by atoms with van der Waals surface area (Å²) in [6, 6.07) is 10.2. The van der Waals surface area contributed by atoms with E-state index in [9.17, 15) is 24.1 Å². The molecule has 2 aromatic rings. The van der Waals surface area contributed by atoms with Crippen LogP contribution < -0.4 is 15.4 Å². The molecular weight excluding hydrogens is 369 g/mol. The average Bonchev–Trinajstić information content (AvgIpc) is 2.68. The first kappa shape index (κ1) is 20.6. The first-order chi connectivity index (χ1) is 13.4. The molecule has 0 radical (unpaired) electrons. The van der Waals surface area contributed by atoms with Crippen LogP contribution in [0.4, 0.5) is 15.8 Å². The van der Waals surface area contributed by atoms with E-state index in [1.54, 1.807) is 37.5 Å². The van der Waals surface area contributed by atoms with Crippen LogP contribution in [0, 0.1) is 15.9 Å². The van der Waals surface area contributed by atoms with Crippen LogP contribution in [-0.2, 0) is 9.59 Å². The zero-order chi connectivity index (χ0) is 20.5. The van der Waals surface area contributed by atoms with Gasteiger partial charge in [-0.05, 0) is 35.9 Å². The van der Waals surface area contributed by atoms with Crippen molar-refractivity contribution in [2.75, 3.05) is 19.0 Å². The first-order valence-electron chi connectivity index (χ1n) is 8.23. The van der Waals surface area contributed by atoms with Gasteiger partial charge in [0.1, 0.15) is 5.75 Å². The number of halogens is 1. The highest BCUT2D eigenvalue weighted by atomic mass is 19.1. The molecular formula is C19H18FN3O5. The van der Waals surface area contributed by atoms with Gasteiger partial charge in [-0.15, -0.1) is 0 Å². The molecule has 28 heavy (non-hydrogen) atoms. The van der Waals surface area contributed by atoms with Gasteiger partial charge in [-0.2, -0.15) is 4.39 Å². The number of nitrogens with zero attached hydrogens (tertiary/aromatic N) is 1. The molecule has 0 fully saturated rings. The Morgan fingerprint density at radius 3 is 2.57 bits per heavy atom. The fourth-order valence-electron chi connectivity index (χ4n) is 2.20. The van der Waals surface area contributed by atoms with Crippen molar-refractivity contribution < 1.29 is 23.6 Å². The van der Waals surface area contributed by atoms with E-state index in [1.807, 2.05) is 0 Å². The number of carbonyl (C=O) groups is 2. The van der Waals surface area contributed by atoms with Crippen LogP contribution in [-0.4, -0.2) is 30.4 Å². The smallest absolute Gasteiger partial charge is 0.306 e. The van der Waals surface area contributed by atoms with Crippen molar-refractivity contribution in [3.8, 4) is 5.75 Å². The number of rotatable bonds is 8. The number of amides is 2. The molecule has 0 saturated heterocycles. The zero-order valence-corrected chi connectivity index (χ0v) is 15.0. The summed E-state index contributed by atoms with van der Waals surface area (Å²) < 4.78 is 18.3. The van der Waals surface area contributed by atoms with Gasteiger partial charge in [0.05, 0.1) is 12.0 Å². The second kappa shape index (κ2) is 9.81. The van der Waals surface area contributed by atoms with Gasteiger partial charge in [-0.1, -0.05) is 12.1 Å². The molecule has 0 unspecified atom stereocenters. The van der Waals surface area contributed by atoms with Crippen LogP contribution in [0.5, 0.6) is 5.75 Å². The predicted molar refractivity (Wildman–Crippen MR) is 101 cm³/mol. The largest absolute Gasteiger partial charge is 0.497 e. The minimum Gasteiger partial charge on any atom is -0.497 e. The van der Waals surface area contributed by atoms with Crippen molar-refractivity contribution in [2.45, 2.75) is 6.42 Å². The molecule has 8 nitrogen and oxygen atoms in total. The molecule has 2 rings (SSSR count). The third kappa shape index (κ3) is 6.20. The molecule has 0 aliphatic carbocycles.